The molecule has 1 unspecified atom stereocenters. The van der Waals surface area contributed by atoms with Gasteiger partial charge in [-0.15, -0.1) is 0 Å². The highest BCUT2D eigenvalue weighted by Crippen LogP contribution is 2.20. The van der Waals surface area contributed by atoms with Crippen molar-refractivity contribution < 1.29 is 17.9 Å². The van der Waals surface area contributed by atoms with Gasteiger partial charge >= 0.3 is 5.97 Å². The predicted octanol–water partition coefficient (Wildman–Crippen LogP) is 3.13. The van der Waals surface area contributed by atoms with E-state index in [2.05, 4.69) is 4.72 Å². The van der Waals surface area contributed by atoms with Crippen LogP contribution in [0.2, 0.25) is 0 Å². The molecular formula is C18H21NO4S. The first-order chi connectivity index (χ1) is 11.2. The van der Waals surface area contributed by atoms with Gasteiger partial charge in [-0.05, 0) is 44.0 Å². The van der Waals surface area contributed by atoms with E-state index in [1.54, 1.807) is 19.9 Å². The summed E-state index contributed by atoms with van der Waals surface area (Å²) >= 11 is 0. The Morgan fingerprint density at radius 3 is 2.29 bits per heavy atom. The van der Waals surface area contributed by atoms with E-state index < -0.39 is 22.0 Å². The zero-order chi connectivity index (χ0) is 17.9. The Labute approximate surface area is 142 Å². The largest absolute Gasteiger partial charge is 0.465 e. The van der Waals surface area contributed by atoms with Gasteiger partial charge in [0.25, 0.3) is 0 Å². The van der Waals surface area contributed by atoms with E-state index in [9.17, 15) is 13.2 Å². The Bertz CT molecular complexity index is 842. The second-order valence-corrected chi connectivity index (χ2v) is 7.44. The zero-order valence-electron chi connectivity index (χ0n) is 14.2. The van der Waals surface area contributed by atoms with Gasteiger partial charge in [0.1, 0.15) is 0 Å². The van der Waals surface area contributed by atoms with Gasteiger partial charge < -0.3 is 4.74 Å². The third-order valence-electron chi connectivity index (χ3n) is 3.83. The van der Waals surface area contributed by atoms with E-state index in [-0.39, 0.29) is 10.5 Å². The average Bonchev–Trinajstić information content (AvgIpc) is 2.54. The van der Waals surface area contributed by atoms with E-state index >= 15 is 0 Å². The summed E-state index contributed by atoms with van der Waals surface area (Å²) < 4.78 is 32.5. The number of benzene rings is 2. The number of hydrogen-bond acceptors (Lipinski definition) is 4. The normalized spacial score (nSPS) is 12.7. The first-order valence-electron chi connectivity index (χ1n) is 7.52. The molecule has 0 spiro atoms. The first-order valence-corrected chi connectivity index (χ1v) is 9.01. The quantitative estimate of drug-likeness (QED) is 0.844. The number of esters is 1. The van der Waals surface area contributed by atoms with E-state index in [1.807, 2.05) is 31.2 Å². The number of hydrogen-bond donors (Lipinski definition) is 1. The molecule has 6 heteroatoms. The van der Waals surface area contributed by atoms with Crippen molar-refractivity contribution in [2.45, 2.75) is 31.7 Å². The number of nitrogens with one attached hydrogen (secondary N) is 1. The zero-order valence-corrected chi connectivity index (χ0v) is 15.0. The van der Waals surface area contributed by atoms with Gasteiger partial charge in [0.2, 0.25) is 10.0 Å². The summed E-state index contributed by atoms with van der Waals surface area (Å²) in [7, 11) is -2.49. The molecule has 0 saturated carbocycles. The molecule has 24 heavy (non-hydrogen) atoms. The maximum Gasteiger partial charge on any atom is 0.338 e. The minimum absolute atomic E-state index is 0.0347. The van der Waals surface area contributed by atoms with Crippen molar-refractivity contribution in [1.82, 2.24) is 4.72 Å². The summed E-state index contributed by atoms with van der Waals surface area (Å²) in [6.07, 6.45) is 0. The van der Waals surface area contributed by atoms with Crippen molar-refractivity contribution >= 4 is 16.0 Å². The monoisotopic (exact) mass is 347 g/mol. The van der Waals surface area contributed by atoms with Crippen molar-refractivity contribution in [3.63, 3.8) is 0 Å². The van der Waals surface area contributed by atoms with Crippen LogP contribution in [0.5, 0.6) is 0 Å². The van der Waals surface area contributed by atoms with E-state index in [4.69, 9.17) is 4.74 Å². The molecule has 0 aliphatic carbocycles. The second-order valence-electron chi connectivity index (χ2n) is 5.72. The maximum absolute atomic E-state index is 12.6. The molecule has 128 valence electrons. The molecule has 1 N–H and O–H groups in total. The Kier molecular flexibility index (Phi) is 5.41. The van der Waals surface area contributed by atoms with Crippen LogP contribution in [0, 0.1) is 13.8 Å². The molecule has 0 aromatic heterocycles. The van der Waals surface area contributed by atoms with E-state index in [0.29, 0.717) is 5.56 Å². The fourth-order valence-corrected chi connectivity index (χ4v) is 3.58. The number of methoxy groups -OCH3 is 1. The summed E-state index contributed by atoms with van der Waals surface area (Å²) in [4.78, 5) is 11.8. The van der Waals surface area contributed by atoms with Crippen molar-refractivity contribution in [3.8, 4) is 0 Å². The fraction of sp³-hybridized carbons (Fsp3) is 0.278. The van der Waals surface area contributed by atoms with Gasteiger partial charge in [-0.1, -0.05) is 35.9 Å². The Balaban J connectivity index is 2.30. The average molecular weight is 347 g/mol. The molecule has 0 saturated heterocycles. The molecule has 0 aliphatic heterocycles. The van der Waals surface area contributed by atoms with Gasteiger partial charge in [-0.3, -0.25) is 0 Å². The SMILES string of the molecule is COC(=O)c1cc(S(=O)(=O)NC(C)c2ccc(C)cc2)ccc1C. The van der Waals surface area contributed by atoms with Crippen LogP contribution in [0.15, 0.2) is 47.4 Å². The fourth-order valence-electron chi connectivity index (χ4n) is 2.32. The lowest BCUT2D eigenvalue weighted by Crippen LogP contribution is -2.27. The summed E-state index contributed by atoms with van der Waals surface area (Å²) in [5.74, 6) is -0.559. The Morgan fingerprint density at radius 1 is 1.08 bits per heavy atom. The van der Waals surface area contributed by atoms with E-state index in [0.717, 1.165) is 11.1 Å². The minimum atomic E-state index is -3.76. The van der Waals surface area contributed by atoms with Crippen molar-refractivity contribution in [3.05, 3.63) is 64.7 Å². The number of aryl methyl sites for hydroxylation is 2. The van der Waals surface area contributed by atoms with Crippen LogP contribution >= 0.6 is 0 Å². The topological polar surface area (TPSA) is 72.5 Å². The van der Waals surface area contributed by atoms with Gasteiger partial charge in [0.05, 0.1) is 17.6 Å². The van der Waals surface area contributed by atoms with Crippen molar-refractivity contribution in [2.75, 3.05) is 7.11 Å². The highest BCUT2D eigenvalue weighted by Gasteiger charge is 2.21. The van der Waals surface area contributed by atoms with Crippen molar-refractivity contribution in [1.29, 1.82) is 0 Å². The lowest BCUT2D eigenvalue weighted by Gasteiger charge is -2.16. The molecule has 2 aromatic carbocycles. The Morgan fingerprint density at radius 2 is 1.71 bits per heavy atom. The van der Waals surface area contributed by atoms with Crippen LogP contribution in [-0.4, -0.2) is 21.5 Å². The molecule has 1 atom stereocenters. The number of carbonyl (C=O) groups is 1. The predicted molar refractivity (Wildman–Crippen MR) is 92.4 cm³/mol. The maximum atomic E-state index is 12.6. The summed E-state index contributed by atoms with van der Waals surface area (Å²) in [5.41, 5.74) is 2.87. The van der Waals surface area contributed by atoms with Gasteiger partial charge in [0, 0.05) is 6.04 Å². The summed E-state index contributed by atoms with van der Waals surface area (Å²) in [5, 5.41) is 0. The van der Waals surface area contributed by atoms with Crippen LogP contribution in [0.4, 0.5) is 0 Å². The number of sulfonamides is 1. The van der Waals surface area contributed by atoms with Crippen LogP contribution in [0.3, 0.4) is 0 Å². The lowest BCUT2D eigenvalue weighted by atomic mass is 10.1. The molecule has 0 bridgehead atoms. The number of carbonyl (C=O) groups excluding carboxylic acids is 1. The highest BCUT2D eigenvalue weighted by molar-refractivity contribution is 7.89. The number of rotatable bonds is 5. The minimum Gasteiger partial charge on any atom is -0.465 e. The third-order valence-corrected chi connectivity index (χ3v) is 5.37. The molecule has 0 heterocycles. The van der Waals surface area contributed by atoms with Crippen LogP contribution in [0.25, 0.3) is 0 Å². The van der Waals surface area contributed by atoms with E-state index in [1.165, 1.54) is 19.2 Å². The molecular weight excluding hydrogens is 326 g/mol. The first kappa shape index (κ1) is 18.2. The molecule has 5 nitrogen and oxygen atoms in total. The molecule has 0 aliphatic rings. The lowest BCUT2D eigenvalue weighted by molar-refractivity contribution is 0.0599. The van der Waals surface area contributed by atoms with Gasteiger partial charge in [0.15, 0.2) is 0 Å². The van der Waals surface area contributed by atoms with Gasteiger partial charge in [-0.25, -0.2) is 17.9 Å². The summed E-state index contributed by atoms with van der Waals surface area (Å²) in [6.45, 7) is 5.47. The molecule has 2 aromatic rings. The summed E-state index contributed by atoms with van der Waals surface area (Å²) in [6, 6.07) is 11.7. The molecule has 2 rings (SSSR count). The van der Waals surface area contributed by atoms with Crippen molar-refractivity contribution in [2.24, 2.45) is 0 Å². The number of ether oxygens (including phenoxy) is 1. The smallest absolute Gasteiger partial charge is 0.338 e. The van der Waals surface area contributed by atoms with Crippen LogP contribution < -0.4 is 4.72 Å². The second kappa shape index (κ2) is 7.15. The van der Waals surface area contributed by atoms with Crippen LogP contribution in [-0.2, 0) is 14.8 Å². The molecule has 0 amide bonds. The Hall–Kier alpha value is -2.18. The van der Waals surface area contributed by atoms with Crippen LogP contribution in [0.1, 0.15) is 40.0 Å². The molecule has 0 fully saturated rings. The highest BCUT2D eigenvalue weighted by atomic mass is 32.2. The van der Waals surface area contributed by atoms with Gasteiger partial charge in [-0.2, -0.15) is 0 Å². The molecule has 0 radical (unpaired) electrons. The third kappa shape index (κ3) is 4.01. The standard InChI is InChI=1S/C18H21NO4S/c1-12-5-8-15(9-6-12)14(3)19-24(21,22)16-10-7-13(2)17(11-16)18(20)23-4/h5-11,14,19H,1-4H3.